The summed E-state index contributed by atoms with van der Waals surface area (Å²) in [5.41, 5.74) is 13.9. The number of guanidine groups is 1. The van der Waals surface area contributed by atoms with E-state index in [4.69, 9.17) is 16.9 Å². The molecule has 0 saturated carbocycles. The number of aliphatic hydroxyl groups is 1. The number of imidazole rings is 1. The third-order valence-electron chi connectivity index (χ3n) is 20.4. The number of carboxylic acids is 3. The Kier molecular flexibility index (Phi) is 38.7. The number of amides is 14. The lowest BCUT2D eigenvalue weighted by Gasteiger charge is -2.29. The molecule has 0 unspecified atom stereocenters. The van der Waals surface area contributed by atoms with Crippen LogP contribution in [0.25, 0.3) is 10.9 Å². The number of carbonyl (C=O) groups is 17. The summed E-state index contributed by atoms with van der Waals surface area (Å²) in [6.07, 6.45) is -0.120. The number of fused-ring (bicyclic) bond motifs is 1. The van der Waals surface area contributed by atoms with Crippen LogP contribution in [0.1, 0.15) is 107 Å². The van der Waals surface area contributed by atoms with Crippen molar-refractivity contribution >= 4 is 143 Å². The van der Waals surface area contributed by atoms with Gasteiger partial charge in [-0.05, 0) is 87.0 Å². The van der Waals surface area contributed by atoms with Gasteiger partial charge < -0.3 is 121 Å². The van der Waals surface area contributed by atoms with Gasteiger partial charge in [-0.2, -0.15) is 25.3 Å². The molecule has 14 atom stereocenters. The monoisotopic (exact) mass is 1760 g/mol. The van der Waals surface area contributed by atoms with E-state index in [9.17, 15) is 102 Å². The Morgan fingerprint density at radius 3 is 1.52 bits per heavy atom. The average molecular weight is 1770 g/mol. The summed E-state index contributed by atoms with van der Waals surface area (Å²) >= 11 is 8.25. The number of aromatic nitrogens is 3. The molecular weight excluding hydrogens is 1660 g/mol. The number of nitrogens with zero attached hydrogens (tertiary/aromatic N) is 3. The molecule has 124 heavy (non-hydrogen) atoms. The summed E-state index contributed by atoms with van der Waals surface area (Å²) in [6, 6.07) is 4.18. The van der Waals surface area contributed by atoms with Gasteiger partial charge in [-0.15, -0.1) is 0 Å². The maximum absolute atomic E-state index is 14.7. The number of rotatable bonds is 49. The average Bonchev–Trinajstić information content (AvgIpc) is 1.68. The lowest BCUT2D eigenvalue weighted by atomic mass is 10.0. The third kappa shape index (κ3) is 30.7. The molecule has 0 aliphatic carbocycles. The first-order chi connectivity index (χ1) is 59.0. The molecule has 0 radical (unpaired) electrons. The van der Waals surface area contributed by atoms with Crippen LogP contribution in [0, 0.1) is 11.3 Å². The normalized spacial score (nSPS) is 16.5. The highest BCUT2D eigenvalue weighted by atomic mass is 32.1. The van der Waals surface area contributed by atoms with Crippen molar-refractivity contribution in [3.8, 4) is 0 Å². The molecule has 2 aliphatic rings. The number of likely N-dealkylation sites (tertiary alicyclic amines) is 2. The molecule has 2 aliphatic heterocycles. The predicted octanol–water partition coefficient (Wildman–Crippen LogP) is -4.47. The van der Waals surface area contributed by atoms with Gasteiger partial charge in [-0.1, -0.05) is 92.7 Å². The highest BCUT2D eigenvalue weighted by molar-refractivity contribution is 7.80. The fourth-order valence-electron chi connectivity index (χ4n) is 13.9. The lowest BCUT2D eigenvalue weighted by Crippen LogP contribution is -2.62. The van der Waals surface area contributed by atoms with E-state index in [2.05, 4.69) is 109 Å². The zero-order chi connectivity index (χ0) is 90.9. The van der Waals surface area contributed by atoms with Crippen molar-refractivity contribution in [2.45, 2.75) is 195 Å². The van der Waals surface area contributed by atoms with Crippen molar-refractivity contribution in [2.75, 3.05) is 44.2 Å². The molecule has 7 rings (SSSR count). The Bertz CT molecular complexity index is 4580. The smallest absolute Gasteiger partial charge is 0.326 e. The number of aliphatic hydroxyl groups excluding tert-OH is 1. The zero-order valence-electron chi connectivity index (χ0n) is 68.4. The number of hydrogen-bond acceptors (Lipinski definition) is 23. The van der Waals surface area contributed by atoms with E-state index in [1.165, 1.54) is 22.3 Å². The summed E-state index contributed by atoms with van der Waals surface area (Å²) in [5.74, 6) is -18.8. The van der Waals surface area contributed by atoms with Gasteiger partial charge in [-0.25, -0.2) is 9.78 Å². The second-order valence-electron chi connectivity index (χ2n) is 30.4. The first-order valence-corrected chi connectivity index (χ1v) is 41.5. The van der Waals surface area contributed by atoms with E-state index in [0.29, 0.717) is 23.1 Å². The highest BCUT2D eigenvalue weighted by Crippen LogP contribution is 2.23. The molecule has 3 aromatic carbocycles. The third-order valence-corrected chi connectivity index (χ3v) is 21.2. The van der Waals surface area contributed by atoms with Crippen LogP contribution < -0.4 is 80.6 Å². The molecule has 44 heteroatoms. The molecule has 2 fully saturated rings. The molecule has 0 bridgehead atoms. The first kappa shape index (κ1) is 98.4. The van der Waals surface area contributed by atoms with Crippen molar-refractivity contribution in [1.29, 1.82) is 5.41 Å². The Morgan fingerprint density at radius 1 is 0.516 bits per heavy atom. The number of hydrogen-bond donors (Lipinski definition) is 24. The molecule has 672 valence electrons. The standard InChI is InChI=1S/C80H109N21O21S2/c1-42(2)29-53(74(116)99-66(43(3)102)78(120)96-55(31-45-17-8-5-9-18-45)71(113)98-59(40-124)75(117)97-58(79(121)122)32-46-35-86-50-20-11-10-19-48(46)50)92-73(115)57(34-65(107)108)94-72(114)56(33-47-36-84-41-89-47)93-70(112)51(21-12-26-85-80(82)83)91-76(118)60-22-13-27-100(60)63(104)38-88-69(111)54(30-44-15-6-4-7-16-44)95-77(119)61-23-14-28-101(61)62(103)37-87-68(110)52(24-25-64(105)106)90-67(109)49(81)39-123/h4-11,15-20,35-36,41-43,49,51-61,66,86,102,123-124H,12-14,21-34,37-40,81H2,1-3H3,(H,84,89)(H,87,110)(H,88,111)(H,90,109)(H,91,118)(H,92,115)(H,93,112)(H,94,114)(H,95,119)(H,96,120)(H,97,117)(H,98,113)(H,99,116)(H,105,106)(H,107,108)(H,121,122)(H4,82,83,85)/t43-,49+,51+,52+,53+,54+,55+,56+,57+,58+,59+,60+,61+,66+/m1/s1. The number of aromatic amines is 2. The van der Waals surface area contributed by atoms with E-state index in [1.54, 1.807) is 105 Å². The van der Waals surface area contributed by atoms with E-state index >= 15 is 0 Å². The minimum atomic E-state index is -2.03. The summed E-state index contributed by atoms with van der Waals surface area (Å²) in [6.45, 7) is 3.09. The SMILES string of the molecule is CC(C)C[C@H](NC(=O)[C@H](CC(=O)O)NC(=O)[C@H](Cc1cnc[nH]1)NC(=O)[C@H](CCCNC(=N)N)NC(=O)[C@@H]1CCCN1C(=O)CNC(=O)[C@H](Cc1ccccc1)NC(=O)[C@@H]1CCCN1C(=O)CNC(=O)[C@H](CCC(=O)O)NC(=O)[C@@H](N)CS)C(=O)N[C@H](C(=O)N[C@@H](Cc1ccccc1)C(=O)N[C@@H](CS)C(=O)N[C@@H](Cc1c[nH]c2ccccc12)C(=O)O)[C@@H](C)O. The van der Waals surface area contributed by atoms with E-state index in [0.717, 1.165) is 17.8 Å². The van der Waals surface area contributed by atoms with Gasteiger partial charge in [-0.3, -0.25) is 82.1 Å². The van der Waals surface area contributed by atoms with Gasteiger partial charge in [0.25, 0.3) is 0 Å². The van der Waals surface area contributed by atoms with Crippen LogP contribution in [0.2, 0.25) is 0 Å². The van der Waals surface area contributed by atoms with Gasteiger partial charge in [0.1, 0.15) is 72.5 Å². The van der Waals surface area contributed by atoms with Crippen LogP contribution in [0.5, 0.6) is 0 Å². The number of aliphatic carboxylic acids is 3. The topological polar surface area (TPSA) is 654 Å². The summed E-state index contributed by atoms with van der Waals surface area (Å²) in [5, 5.41) is 81.7. The van der Waals surface area contributed by atoms with E-state index < -0.39 is 229 Å². The molecule has 0 spiro atoms. The maximum Gasteiger partial charge on any atom is 0.326 e. The van der Waals surface area contributed by atoms with Crippen LogP contribution in [0.4, 0.5) is 0 Å². The summed E-state index contributed by atoms with van der Waals surface area (Å²) < 4.78 is 0. The van der Waals surface area contributed by atoms with Crippen molar-refractivity contribution in [2.24, 2.45) is 17.4 Å². The molecule has 42 nitrogen and oxygen atoms in total. The van der Waals surface area contributed by atoms with Gasteiger partial charge in [0, 0.05) is 92.2 Å². The number of H-pyrrole nitrogens is 2. The summed E-state index contributed by atoms with van der Waals surface area (Å²) in [7, 11) is 0. The Labute approximate surface area is 723 Å². The Morgan fingerprint density at radius 2 is 0.992 bits per heavy atom. The highest BCUT2D eigenvalue weighted by Gasteiger charge is 2.42. The lowest BCUT2D eigenvalue weighted by molar-refractivity contribution is -0.142. The predicted molar refractivity (Wildman–Crippen MR) is 452 cm³/mol. The molecule has 5 aromatic rings. The van der Waals surface area contributed by atoms with E-state index in [1.807, 2.05) is 0 Å². The number of carboxylic acid groups (broad SMARTS) is 3. The number of carbonyl (C=O) groups excluding carboxylic acids is 14. The van der Waals surface area contributed by atoms with Crippen molar-refractivity contribution in [3.05, 3.63) is 126 Å². The van der Waals surface area contributed by atoms with Crippen LogP contribution >= 0.6 is 25.3 Å². The first-order valence-electron chi connectivity index (χ1n) is 40.2. The van der Waals surface area contributed by atoms with Gasteiger partial charge in [0.05, 0.1) is 38.0 Å². The molecule has 4 heterocycles. The van der Waals surface area contributed by atoms with Gasteiger partial charge in [0.2, 0.25) is 82.7 Å². The second-order valence-corrected chi connectivity index (χ2v) is 31.1. The molecule has 2 saturated heterocycles. The number of benzene rings is 3. The van der Waals surface area contributed by atoms with Crippen LogP contribution in [-0.2, 0) is 107 Å². The molecule has 14 amide bonds. The largest absolute Gasteiger partial charge is 0.481 e. The van der Waals surface area contributed by atoms with Crippen molar-refractivity contribution in [1.82, 2.24) is 93.9 Å². The fraction of sp³-hybridized carbons (Fsp3) is 0.487. The van der Waals surface area contributed by atoms with Gasteiger partial charge >= 0.3 is 17.9 Å². The van der Waals surface area contributed by atoms with Crippen LogP contribution in [-0.4, -0.2) is 281 Å². The number of para-hydroxylation sites is 1. The number of thiol groups is 2. The Balaban J connectivity index is 1.02. The van der Waals surface area contributed by atoms with Crippen molar-refractivity contribution in [3.63, 3.8) is 0 Å². The number of nitrogens with one attached hydrogen (secondary N) is 16. The zero-order valence-corrected chi connectivity index (χ0v) is 70.2. The molecule has 2 aromatic heterocycles. The van der Waals surface area contributed by atoms with Crippen LogP contribution in [0.3, 0.4) is 0 Å². The quantitative estimate of drug-likeness (QED) is 0.00756. The van der Waals surface area contributed by atoms with Crippen molar-refractivity contribution < 1.29 is 102 Å². The minimum absolute atomic E-state index is 0.0129. The minimum Gasteiger partial charge on any atom is -0.481 e. The van der Waals surface area contributed by atoms with Gasteiger partial charge in [0.15, 0.2) is 5.96 Å². The van der Waals surface area contributed by atoms with E-state index in [-0.39, 0.29) is 101 Å². The fourth-order valence-corrected chi connectivity index (χ4v) is 14.3. The molecular formula is C80H109N21O21S2. The Hall–Kier alpha value is -12.7. The molecule has 24 N–H and O–H groups in total. The van der Waals surface area contributed by atoms with Crippen LogP contribution in [0.15, 0.2) is 104 Å². The number of nitrogens with two attached hydrogens (primary N) is 2. The second kappa shape index (κ2) is 48.8. The summed E-state index contributed by atoms with van der Waals surface area (Å²) in [4.78, 5) is 246. The maximum atomic E-state index is 14.7.